The molecule has 1 saturated heterocycles. The van der Waals surface area contributed by atoms with Crippen molar-refractivity contribution in [1.82, 2.24) is 5.32 Å². The van der Waals surface area contributed by atoms with Crippen LogP contribution in [-0.4, -0.2) is 30.1 Å². The van der Waals surface area contributed by atoms with Gasteiger partial charge in [-0.2, -0.15) is 0 Å². The maximum absolute atomic E-state index is 13.3. The van der Waals surface area contributed by atoms with Crippen molar-refractivity contribution in [2.24, 2.45) is 0 Å². The van der Waals surface area contributed by atoms with Gasteiger partial charge in [0.05, 0.1) is 23.9 Å². The fraction of sp³-hybridized carbons (Fsp3) is 0.292. The third kappa shape index (κ3) is 4.79. The van der Waals surface area contributed by atoms with Gasteiger partial charge in [-0.1, -0.05) is 36.2 Å². The topological polar surface area (TPSA) is 67.9 Å². The minimum Gasteiger partial charge on any atom is -0.493 e. The molecule has 2 amide bonds. The Morgan fingerprint density at radius 2 is 1.94 bits per heavy atom. The SMILES string of the molecule is CC[C@@H](C)Oc1c(Cl)cc(/C=C2\C(=O)NC(=S)N(c3ccc(C)cc3C)C2=O)cc1OC. The minimum atomic E-state index is -0.573. The first-order valence-electron chi connectivity index (χ1n) is 10.2. The maximum Gasteiger partial charge on any atom is 0.270 e. The summed E-state index contributed by atoms with van der Waals surface area (Å²) in [6.45, 7) is 7.79. The van der Waals surface area contributed by atoms with Gasteiger partial charge < -0.3 is 9.47 Å². The fourth-order valence-electron chi connectivity index (χ4n) is 3.32. The Kier molecular flexibility index (Phi) is 7.21. The van der Waals surface area contributed by atoms with Crippen LogP contribution in [0, 0.1) is 13.8 Å². The van der Waals surface area contributed by atoms with Crippen molar-refractivity contribution >= 4 is 52.5 Å². The number of benzene rings is 2. The van der Waals surface area contributed by atoms with Crippen molar-refractivity contribution in [3.8, 4) is 11.5 Å². The molecule has 1 aliphatic rings. The molecular weight excluding hydrogens is 448 g/mol. The van der Waals surface area contributed by atoms with Gasteiger partial charge in [0.15, 0.2) is 16.6 Å². The third-order valence-corrected chi connectivity index (χ3v) is 5.72. The molecule has 6 nitrogen and oxygen atoms in total. The molecule has 1 atom stereocenters. The molecular formula is C24H25ClN2O4S. The zero-order valence-corrected chi connectivity index (χ0v) is 20.2. The third-order valence-electron chi connectivity index (χ3n) is 5.15. The predicted molar refractivity (Wildman–Crippen MR) is 131 cm³/mol. The molecule has 8 heteroatoms. The number of ether oxygens (including phenoxy) is 2. The van der Waals surface area contributed by atoms with Crippen LogP contribution >= 0.6 is 23.8 Å². The van der Waals surface area contributed by atoms with Crippen LogP contribution in [0.3, 0.4) is 0 Å². The monoisotopic (exact) mass is 472 g/mol. The normalized spacial score (nSPS) is 16.2. The van der Waals surface area contributed by atoms with Gasteiger partial charge in [-0.15, -0.1) is 0 Å². The summed E-state index contributed by atoms with van der Waals surface area (Å²) in [5.41, 5.74) is 3.00. The van der Waals surface area contributed by atoms with E-state index in [0.29, 0.717) is 27.8 Å². The standard InChI is InChI=1S/C24H25ClN2O4S/c1-6-15(4)31-21-18(25)11-16(12-20(21)30-5)10-17-22(28)26-24(32)27(23(17)29)19-8-7-13(2)9-14(19)3/h7-12,15H,6H2,1-5H3,(H,26,28,32)/b17-10+/t15-/m1/s1. The Morgan fingerprint density at radius 3 is 2.56 bits per heavy atom. The van der Waals surface area contributed by atoms with Crippen molar-refractivity contribution in [2.75, 3.05) is 12.0 Å². The van der Waals surface area contributed by atoms with Crippen LogP contribution < -0.4 is 19.7 Å². The van der Waals surface area contributed by atoms with E-state index >= 15 is 0 Å². The highest BCUT2D eigenvalue weighted by Gasteiger charge is 2.35. The Bertz CT molecular complexity index is 1130. The second-order valence-corrected chi connectivity index (χ2v) is 8.41. The lowest BCUT2D eigenvalue weighted by Crippen LogP contribution is -2.54. The molecule has 1 fully saturated rings. The second-order valence-electron chi connectivity index (χ2n) is 7.62. The van der Waals surface area contributed by atoms with Gasteiger partial charge in [-0.05, 0) is 74.8 Å². The van der Waals surface area contributed by atoms with Gasteiger partial charge in [0.1, 0.15) is 5.57 Å². The van der Waals surface area contributed by atoms with Gasteiger partial charge in [-0.25, -0.2) is 0 Å². The number of rotatable bonds is 6. The molecule has 2 aromatic carbocycles. The summed E-state index contributed by atoms with van der Waals surface area (Å²) >= 11 is 11.7. The van der Waals surface area contributed by atoms with Crippen LogP contribution in [0.5, 0.6) is 11.5 Å². The molecule has 32 heavy (non-hydrogen) atoms. The van der Waals surface area contributed by atoms with Crippen LogP contribution in [-0.2, 0) is 9.59 Å². The lowest BCUT2D eigenvalue weighted by Gasteiger charge is -2.30. The van der Waals surface area contributed by atoms with Crippen LogP contribution in [0.15, 0.2) is 35.9 Å². The van der Waals surface area contributed by atoms with Crippen molar-refractivity contribution < 1.29 is 19.1 Å². The average Bonchev–Trinajstić information content (AvgIpc) is 2.73. The number of hydrogen-bond donors (Lipinski definition) is 1. The first-order valence-corrected chi connectivity index (χ1v) is 11.0. The number of amides is 2. The Hall–Kier alpha value is -2.90. The Morgan fingerprint density at radius 1 is 1.22 bits per heavy atom. The highest BCUT2D eigenvalue weighted by atomic mass is 35.5. The van der Waals surface area contributed by atoms with E-state index in [0.717, 1.165) is 17.5 Å². The molecule has 168 valence electrons. The first kappa shape index (κ1) is 23.8. The van der Waals surface area contributed by atoms with E-state index in [-0.39, 0.29) is 16.8 Å². The summed E-state index contributed by atoms with van der Waals surface area (Å²) in [5, 5.41) is 2.96. The number of thiocarbonyl (C=S) groups is 1. The van der Waals surface area contributed by atoms with Crippen molar-refractivity contribution in [2.45, 2.75) is 40.2 Å². The highest BCUT2D eigenvalue weighted by Crippen LogP contribution is 2.38. The van der Waals surface area contributed by atoms with Crippen molar-refractivity contribution in [3.63, 3.8) is 0 Å². The van der Waals surface area contributed by atoms with Gasteiger partial charge in [-0.3, -0.25) is 19.8 Å². The number of nitrogens with zero attached hydrogens (tertiary/aromatic N) is 1. The van der Waals surface area contributed by atoms with Crippen molar-refractivity contribution in [3.05, 3.63) is 57.6 Å². The van der Waals surface area contributed by atoms with Crippen LogP contribution in [0.4, 0.5) is 5.69 Å². The molecule has 1 heterocycles. The molecule has 3 rings (SSSR count). The van der Waals surface area contributed by atoms with E-state index in [4.69, 9.17) is 33.3 Å². The Balaban J connectivity index is 2.03. The van der Waals surface area contributed by atoms with E-state index in [2.05, 4.69) is 5.32 Å². The molecule has 0 radical (unpaired) electrons. The lowest BCUT2D eigenvalue weighted by molar-refractivity contribution is -0.122. The summed E-state index contributed by atoms with van der Waals surface area (Å²) < 4.78 is 11.3. The summed E-state index contributed by atoms with van der Waals surface area (Å²) in [5.74, 6) is -0.255. The Labute approximate surface area is 198 Å². The molecule has 1 aliphatic heterocycles. The maximum atomic E-state index is 13.3. The van der Waals surface area contributed by atoms with Gasteiger partial charge in [0.25, 0.3) is 11.8 Å². The molecule has 0 aliphatic carbocycles. The van der Waals surface area contributed by atoms with E-state index in [1.807, 2.05) is 45.9 Å². The molecule has 2 aromatic rings. The van der Waals surface area contributed by atoms with Gasteiger partial charge in [0, 0.05) is 0 Å². The summed E-state index contributed by atoms with van der Waals surface area (Å²) in [7, 11) is 1.50. The summed E-state index contributed by atoms with van der Waals surface area (Å²) in [6, 6.07) is 8.95. The van der Waals surface area contributed by atoms with E-state index in [1.54, 1.807) is 12.1 Å². The molecule has 0 spiro atoms. The molecule has 0 unspecified atom stereocenters. The van der Waals surface area contributed by atoms with E-state index in [1.165, 1.54) is 18.1 Å². The quantitative estimate of drug-likeness (QED) is 0.365. The van der Waals surface area contributed by atoms with Crippen LogP contribution in [0.1, 0.15) is 37.0 Å². The highest BCUT2D eigenvalue weighted by molar-refractivity contribution is 7.80. The number of methoxy groups -OCH3 is 1. The average molecular weight is 473 g/mol. The number of anilines is 1. The fourth-order valence-corrected chi connectivity index (χ4v) is 3.86. The summed E-state index contributed by atoms with van der Waals surface area (Å²) in [4.78, 5) is 27.3. The molecule has 0 bridgehead atoms. The van der Waals surface area contributed by atoms with E-state index < -0.39 is 11.8 Å². The number of halogens is 1. The largest absolute Gasteiger partial charge is 0.493 e. The smallest absolute Gasteiger partial charge is 0.270 e. The van der Waals surface area contributed by atoms with Crippen LogP contribution in [0.2, 0.25) is 5.02 Å². The van der Waals surface area contributed by atoms with Crippen molar-refractivity contribution in [1.29, 1.82) is 0 Å². The van der Waals surface area contributed by atoms with E-state index in [9.17, 15) is 9.59 Å². The second kappa shape index (κ2) is 9.71. The first-order chi connectivity index (χ1) is 15.2. The van der Waals surface area contributed by atoms with Crippen LogP contribution in [0.25, 0.3) is 6.08 Å². The zero-order valence-electron chi connectivity index (χ0n) is 18.6. The molecule has 0 saturated carbocycles. The lowest BCUT2D eigenvalue weighted by atomic mass is 10.0. The number of carbonyl (C=O) groups is 2. The minimum absolute atomic E-state index is 0.0389. The van der Waals surface area contributed by atoms with Gasteiger partial charge >= 0.3 is 0 Å². The number of nitrogens with one attached hydrogen (secondary N) is 1. The predicted octanol–water partition coefficient (Wildman–Crippen LogP) is 4.97. The summed E-state index contributed by atoms with van der Waals surface area (Å²) in [6.07, 6.45) is 2.22. The number of carbonyl (C=O) groups excluding carboxylic acids is 2. The molecule has 1 N–H and O–H groups in total. The molecule has 0 aromatic heterocycles. The van der Waals surface area contributed by atoms with Gasteiger partial charge in [0.2, 0.25) is 0 Å². The number of aryl methyl sites for hydroxylation is 2. The zero-order chi connectivity index (χ0) is 23.6. The number of hydrogen-bond acceptors (Lipinski definition) is 5.